The number of hydrogen-bond acceptors (Lipinski definition) is 2. The second-order valence-electron chi connectivity index (χ2n) is 3.93. The van der Waals surface area contributed by atoms with E-state index in [0.29, 0.717) is 6.42 Å². The Balaban J connectivity index is 2.20. The fourth-order valence-electron chi connectivity index (χ4n) is 2.13. The third-order valence-corrected chi connectivity index (χ3v) is 2.97. The number of hydrogen-bond donors (Lipinski definition) is 0. The number of nitrogens with zero attached hydrogens (tertiary/aromatic N) is 2. The van der Waals surface area contributed by atoms with E-state index in [1.54, 1.807) is 11.9 Å². The van der Waals surface area contributed by atoms with Gasteiger partial charge in [-0.05, 0) is 31.4 Å². The van der Waals surface area contributed by atoms with Gasteiger partial charge in [-0.3, -0.25) is 0 Å². The lowest BCUT2D eigenvalue weighted by Crippen LogP contribution is -2.36. The van der Waals surface area contributed by atoms with Crippen molar-refractivity contribution >= 4 is 5.82 Å². The summed E-state index contributed by atoms with van der Waals surface area (Å²) in [6.45, 7) is 0. The first-order chi connectivity index (χ1) is 7.20. The molecule has 0 bridgehead atoms. The van der Waals surface area contributed by atoms with Gasteiger partial charge in [0.15, 0.2) is 11.6 Å². The predicted octanol–water partition coefficient (Wildman–Crippen LogP) is 2.55. The smallest absolute Gasteiger partial charge is 0.165 e. The molecule has 4 heteroatoms. The predicted molar refractivity (Wildman–Crippen MR) is 55.1 cm³/mol. The molecule has 0 aliphatic heterocycles. The van der Waals surface area contributed by atoms with Crippen LogP contribution in [0.2, 0.25) is 0 Å². The lowest BCUT2D eigenvalue weighted by atomic mass is 10.2. The lowest BCUT2D eigenvalue weighted by Gasteiger charge is -2.27. The summed E-state index contributed by atoms with van der Waals surface area (Å²) in [4.78, 5) is 5.56. The largest absolute Gasteiger partial charge is 0.351 e. The van der Waals surface area contributed by atoms with Crippen LogP contribution in [0.4, 0.5) is 14.6 Å². The van der Waals surface area contributed by atoms with Crippen LogP contribution in [0.25, 0.3) is 0 Å². The monoisotopic (exact) mass is 212 g/mol. The van der Waals surface area contributed by atoms with E-state index in [1.165, 1.54) is 18.3 Å². The molecule has 1 saturated carbocycles. The maximum Gasteiger partial charge on any atom is 0.165 e. The molecule has 82 valence electrons. The summed E-state index contributed by atoms with van der Waals surface area (Å²) in [5, 5.41) is 0. The van der Waals surface area contributed by atoms with Crippen LogP contribution in [-0.4, -0.2) is 24.2 Å². The van der Waals surface area contributed by atoms with Gasteiger partial charge in [-0.15, -0.1) is 0 Å². The fraction of sp³-hybridized carbons (Fsp3) is 0.545. The first kappa shape index (κ1) is 10.3. The van der Waals surface area contributed by atoms with E-state index >= 15 is 0 Å². The van der Waals surface area contributed by atoms with Crippen LogP contribution in [0.5, 0.6) is 0 Å². The van der Waals surface area contributed by atoms with Crippen molar-refractivity contribution in [3.63, 3.8) is 0 Å². The Hall–Kier alpha value is -1.19. The van der Waals surface area contributed by atoms with Gasteiger partial charge in [-0.25, -0.2) is 13.8 Å². The van der Waals surface area contributed by atoms with Gasteiger partial charge in [0.1, 0.15) is 6.17 Å². The zero-order valence-electron chi connectivity index (χ0n) is 8.66. The molecule has 2 unspecified atom stereocenters. The highest BCUT2D eigenvalue weighted by Crippen LogP contribution is 2.29. The van der Waals surface area contributed by atoms with Gasteiger partial charge in [0.25, 0.3) is 0 Å². The van der Waals surface area contributed by atoms with Gasteiger partial charge in [0.05, 0.1) is 6.04 Å². The second-order valence-corrected chi connectivity index (χ2v) is 3.93. The zero-order valence-corrected chi connectivity index (χ0v) is 8.66. The molecule has 1 aromatic rings. The summed E-state index contributed by atoms with van der Waals surface area (Å²) in [5.74, 6) is -0.147. The third-order valence-electron chi connectivity index (χ3n) is 2.97. The van der Waals surface area contributed by atoms with Crippen molar-refractivity contribution in [2.75, 3.05) is 11.9 Å². The van der Waals surface area contributed by atoms with Gasteiger partial charge < -0.3 is 4.90 Å². The van der Waals surface area contributed by atoms with Gasteiger partial charge in [0.2, 0.25) is 0 Å². The SMILES string of the molecule is CN(c1ncccc1F)C1CCCC1F. The van der Waals surface area contributed by atoms with Crippen LogP contribution in [0.3, 0.4) is 0 Å². The molecular formula is C11H14F2N2. The van der Waals surface area contributed by atoms with Crippen molar-refractivity contribution in [1.82, 2.24) is 4.98 Å². The summed E-state index contributed by atoms with van der Waals surface area (Å²) in [5.41, 5.74) is 0. The second kappa shape index (κ2) is 4.13. The standard InChI is InChI=1S/C11H14F2N2/c1-15(10-6-2-4-8(10)12)11-9(13)5-3-7-14-11/h3,5,7-8,10H,2,4,6H2,1H3. The molecule has 1 aliphatic carbocycles. The molecule has 2 nitrogen and oxygen atoms in total. The van der Waals surface area contributed by atoms with Crippen LogP contribution in [0, 0.1) is 5.82 Å². The number of aromatic nitrogens is 1. The summed E-state index contributed by atoms with van der Waals surface area (Å²) in [6.07, 6.45) is 2.87. The Bertz CT molecular complexity index is 343. The number of rotatable bonds is 2. The van der Waals surface area contributed by atoms with E-state index in [2.05, 4.69) is 4.98 Å². The molecular weight excluding hydrogens is 198 g/mol. The highest BCUT2D eigenvalue weighted by molar-refractivity contribution is 5.40. The van der Waals surface area contributed by atoms with Crippen molar-refractivity contribution in [2.45, 2.75) is 31.5 Å². The minimum atomic E-state index is -0.864. The number of halogens is 2. The first-order valence-corrected chi connectivity index (χ1v) is 5.17. The number of alkyl halides is 1. The van der Waals surface area contributed by atoms with Crippen LogP contribution in [0.15, 0.2) is 18.3 Å². The molecule has 0 N–H and O–H groups in total. The maximum absolute atomic E-state index is 13.5. The highest BCUT2D eigenvalue weighted by atomic mass is 19.1. The highest BCUT2D eigenvalue weighted by Gasteiger charge is 2.31. The van der Waals surface area contributed by atoms with E-state index in [4.69, 9.17) is 0 Å². The van der Waals surface area contributed by atoms with Crippen molar-refractivity contribution < 1.29 is 8.78 Å². The zero-order chi connectivity index (χ0) is 10.8. The molecule has 1 aromatic heterocycles. The van der Waals surface area contributed by atoms with Gasteiger partial charge in [-0.2, -0.15) is 0 Å². The molecule has 1 aliphatic rings. The van der Waals surface area contributed by atoms with E-state index in [9.17, 15) is 8.78 Å². The number of pyridine rings is 1. The third kappa shape index (κ3) is 1.94. The molecule has 0 spiro atoms. The summed E-state index contributed by atoms with van der Waals surface area (Å²) < 4.78 is 26.9. The van der Waals surface area contributed by atoms with Crippen LogP contribution >= 0.6 is 0 Å². The average molecular weight is 212 g/mol. The quantitative estimate of drug-likeness (QED) is 0.749. The number of anilines is 1. The van der Waals surface area contributed by atoms with Crippen molar-refractivity contribution in [3.8, 4) is 0 Å². The van der Waals surface area contributed by atoms with Crippen molar-refractivity contribution in [3.05, 3.63) is 24.1 Å². The van der Waals surface area contributed by atoms with E-state index in [1.807, 2.05) is 0 Å². The van der Waals surface area contributed by atoms with Crippen LogP contribution in [-0.2, 0) is 0 Å². The van der Waals surface area contributed by atoms with Gasteiger partial charge in [-0.1, -0.05) is 0 Å². The molecule has 0 aromatic carbocycles. The van der Waals surface area contributed by atoms with Gasteiger partial charge >= 0.3 is 0 Å². The van der Waals surface area contributed by atoms with E-state index in [0.717, 1.165) is 12.8 Å². The molecule has 0 radical (unpaired) electrons. The minimum absolute atomic E-state index is 0.227. The van der Waals surface area contributed by atoms with E-state index < -0.39 is 6.17 Å². The Labute approximate surface area is 87.9 Å². The molecule has 15 heavy (non-hydrogen) atoms. The fourth-order valence-corrected chi connectivity index (χ4v) is 2.13. The maximum atomic E-state index is 13.5. The van der Waals surface area contributed by atoms with Crippen LogP contribution in [0.1, 0.15) is 19.3 Å². The Morgan fingerprint density at radius 3 is 2.87 bits per heavy atom. The molecule has 2 rings (SSSR count). The Morgan fingerprint density at radius 2 is 2.27 bits per heavy atom. The summed E-state index contributed by atoms with van der Waals surface area (Å²) >= 11 is 0. The Kier molecular flexibility index (Phi) is 2.84. The first-order valence-electron chi connectivity index (χ1n) is 5.17. The molecule has 2 atom stereocenters. The molecule has 1 fully saturated rings. The molecule has 1 heterocycles. The normalized spacial score (nSPS) is 25.5. The topological polar surface area (TPSA) is 16.1 Å². The average Bonchev–Trinajstić information content (AvgIpc) is 2.64. The van der Waals surface area contributed by atoms with E-state index in [-0.39, 0.29) is 17.7 Å². The summed E-state index contributed by atoms with van der Waals surface area (Å²) in [6, 6.07) is 2.66. The van der Waals surface area contributed by atoms with Crippen molar-refractivity contribution in [2.24, 2.45) is 0 Å². The van der Waals surface area contributed by atoms with Crippen molar-refractivity contribution in [1.29, 1.82) is 0 Å². The van der Waals surface area contributed by atoms with Gasteiger partial charge in [0, 0.05) is 13.2 Å². The summed E-state index contributed by atoms with van der Waals surface area (Å²) in [7, 11) is 1.70. The Morgan fingerprint density at radius 1 is 1.47 bits per heavy atom. The van der Waals surface area contributed by atoms with Crippen LogP contribution < -0.4 is 4.90 Å². The molecule has 0 saturated heterocycles. The lowest BCUT2D eigenvalue weighted by molar-refractivity contribution is 0.305. The minimum Gasteiger partial charge on any atom is -0.351 e. The molecule has 0 amide bonds.